The predicted octanol–water partition coefficient (Wildman–Crippen LogP) is 2.55. The first-order valence-corrected chi connectivity index (χ1v) is 7.57. The number of rotatable bonds is 2. The Morgan fingerprint density at radius 2 is 1.75 bits per heavy atom. The van der Waals surface area contributed by atoms with Crippen molar-refractivity contribution < 1.29 is 8.42 Å². The Bertz CT molecular complexity index is 889. The molecule has 0 saturated heterocycles. The smallest absolute Gasteiger partial charge is 0.238 e. The molecule has 1 aromatic heterocycles. The molecule has 20 heavy (non-hydrogen) atoms. The molecular weight excluding hydrogens is 272 g/mol. The number of nitrogens with zero attached hydrogens (tertiary/aromatic N) is 1. The van der Waals surface area contributed by atoms with Crippen LogP contribution < -0.4 is 5.14 Å². The van der Waals surface area contributed by atoms with E-state index in [1.165, 1.54) is 6.07 Å². The van der Waals surface area contributed by atoms with Gasteiger partial charge in [-0.25, -0.2) is 13.6 Å². The maximum Gasteiger partial charge on any atom is 0.238 e. The van der Waals surface area contributed by atoms with Gasteiger partial charge in [-0.05, 0) is 29.8 Å². The van der Waals surface area contributed by atoms with E-state index in [0.717, 1.165) is 16.5 Å². The standard InChI is InChI=1S/C15H12N2O2S/c16-20(18,19)15-6-2-1-5-13(15)11-7-8-14-12(10-11)4-3-9-17-14/h1-10H,(H2,16,18,19). The Labute approximate surface area is 116 Å². The van der Waals surface area contributed by atoms with Gasteiger partial charge in [0.05, 0.1) is 10.4 Å². The van der Waals surface area contributed by atoms with E-state index in [1.807, 2.05) is 30.3 Å². The number of fused-ring (bicyclic) bond motifs is 1. The summed E-state index contributed by atoms with van der Waals surface area (Å²) in [4.78, 5) is 4.37. The maximum absolute atomic E-state index is 11.7. The van der Waals surface area contributed by atoms with Crippen LogP contribution in [0, 0.1) is 0 Å². The third kappa shape index (κ3) is 2.29. The number of hydrogen-bond acceptors (Lipinski definition) is 3. The molecule has 1 heterocycles. The molecule has 5 heteroatoms. The van der Waals surface area contributed by atoms with Crippen LogP contribution in [0.5, 0.6) is 0 Å². The van der Waals surface area contributed by atoms with Crippen molar-refractivity contribution in [2.45, 2.75) is 4.90 Å². The van der Waals surface area contributed by atoms with Crippen LogP contribution in [-0.4, -0.2) is 13.4 Å². The molecule has 0 spiro atoms. The Morgan fingerprint density at radius 1 is 0.950 bits per heavy atom. The van der Waals surface area contributed by atoms with Crippen molar-refractivity contribution >= 4 is 20.9 Å². The van der Waals surface area contributed by atoms with E-state index in [-0.39, 0.29) is 4.90 Å². The van der Waals surface area contributed by atoms with Gasteiger partial charge < -0.3 is 0 Å². The molecular formula is C15H12N2O2S. The van der Waals surface area contributed by atoms with Crippen molar-refractivity contribution in [3.63, 3.8) is 0 Å². The molecule has 100 valence electrons. The molecule has 0 fully saturated rings. The largest absolute Gasteiger partial charge is 0.256 e. The van der Waals surface area contributed by atoms with Crippen molar-refractivity contribution in [1.29, 1.82) is 0 Å². The third-order valence-corrected chi connectivity index (χ3v) is 4.08. The van der Waals surface area contributed by atoms with Gasteiger partial charge in [-0.1, -0.05) is 30.3 Å². The van der Waals surface area contributed by atoms with Gasteiger partial charge >= 0.3 is 0 Å². The average molecular weight is 284 g/mol. The summed E-state index contributed by atoms with van der Waals surface area (Å²) in [6.45, 7) is 0. The van der Waals surface area contributed by atoms with Crippen molar-refractivity contribution in [3.05, 3.63) is 60.8 Å². The fourth-order valence-electron chi connectivity index (χ4n) is 2.20. The van der Waals surface area contributed by atoms with Crippen molar-refractivity contribution in [2.24, 2.45) is 5.14 Å². The quantitative estimate of drug-likeness (QED) is 0.786. The van der Waals surface area contributed by atoms with E-state index in [0.29, 0.717) is 5.56 Å². The minimum Gasteiger partial charge on any atom is -0.256 e. The molecule has 3 aromatic rings. The lowest BCUT2D eigenvalue weighted by atomic mass is 10.0. The monoisotopic (exact) mass is 284 g/mol. The highest BCUT2D eigenvalue weighted by Gasteiger charge is 2.14. The molecule has 0 radical (unpaired) electrons. The van der Waals surface area contributed by atoms with Gasteiger partial charge in [-0.15, -0.1) is 0 Å². The van der Waals surface area contributed by atoms with E-state index >= 15 is 0 Å². The first-order chi connectivity index (χ1) is 9.55. The predicted molar refractivity (Wildman–Crippen MR) is 78.6 cm³/mol. The van der Waals surface area contributed by atoms with Gasteiger partial charge in [-0.3, -0.25) is 4.98 Å². The fraction of sp³-hybridized carbons (Fsp3) is 0. The van der Waals surface area contributed by atoms with Crippen LogP contribution in [0.1, 0.15) is 0 Å². The summed E-state index contributed by atoms with van der Waals surface area (Å²) >= 11 is 0. The Hall–Kier alpha value is -2.24. The SMILES string of the molecule is NS(=O)(=O)c1ccccc1-c1ccc2ncccc2c1. The molecule has 0 aliphatic rings. The second-order valence-corrected chi connectivity index (χ2v) is 5.98. The summed E-state index contributed by atoms with van der Waals surface area (Å²) in [6.07, 6.45) is 1.72. The number of nitrogens with two attached hydrogens (primary N) is 1. The van der Waals surface area contributed by atoms with Gasteiger partial charge in [0.25, 0.3) is 0 Å². The molecule has 0 aliphatic heterocycles. The van der Waals surface area contributed by atoms with Gasteiger partial charge in [-0.2, -0.15) is 0 Å². The van der Waals surface area contributed by atoms with Gasteiger partial charge in [0.1, 0.15) is 0 Å². The summed E-state index contributed by atoms with van der Waals surface area (Å²) in [5.74, 6) is 0. The lowest BCUT2D eigenvalue weighted by molar-refractivity contribution is 0.598. The van der Waals surface area contributed by atoms with Gasteiger partial charge in [0, 0.05) is 17.1 Å². The second kappa shape index (κ2) is 4.70. The number of hydrogen-bond donors (Lipinski definition) is 1. The summed E-state index contributed by atoms with van der Waals surface area (Å²) < 4.78 is 23.3. The van der Waals surface area contributed by atoms with E-state index in [9.17, 15) is 8.42 Å². The van der Waals surface area contributed by atoms with Crippen LogP contribution in [0.3, 0.4) is 0 Å². The van der Waals surface area contributed by atoms with E-state index < -0.39 is 10.0 Å². The zero-order valence-corrected chi connectivity index (χ0v) is 11.3. The Morgan fingerprint density at radius 3 is 2.55 bits per heavy atom. The molecule has 0 aliphatic carbocycles. The average Bonchev–Trinajstić information content (AvgIpc) is 2.46. The highest BCUT2D eigenvalue weighted by Crippen LogP contribution is 2.28. The lowest BCUT2D eigenvalue weighted by Gasteiger charge is -2.08. The minimum atomic E-state index is -3.75. The van der Waals surface area contributed by atoms with Crippen LogP contribution in [0.2, 0.25) is 0 Å². The molecule has 4 nitrogen and oxygen atoms in total. The number of sulfonamides is 1. The highest BCUT2D eigenvalue weighted by molar-refractivity contribution is 7.89. The number of aromatic nitrogens is 1. The van der Waals surface area contributed by atoms with Gasteiger partial charge in [0.15, 0.2) is 0 Å². The minimum absolute atomic E-state index is 0.128. The lowest BCUT2D eigenvalue weighted by Crippen LogP contribution is -2.13. The Balaban J connectivity index is 2.26. The zero-order valence-electron chi connectivity index (χ0n) is 10.5. The molecule has 2 N–H and O–H groups in total. The van der Waals surface area contributed by atoms with Crippen LogP contribution in [0.25, 0.3) is 22.0 Å². The maximum atomic E-state index is 11.7. The number of pyridine rings is 1. The van der Waals surface area contributed by atoms with Crippen LogP contribution in [0.15, 0.2) is 65.7 Å². The van der Waals surface area contributed by atoms with E-state index in [4.69, 9.17) is 5.14 Å². The first-order valence-electron chi connectivity index (χ1n) is 6.03. The molecule has 2 aromatic carbocycles. The molecule has 0 bridgehead atoms. The molecule has 0 unspecified atom stereocenters. The number of primary sulfonamides is 1. The van der Waals surface area contributed by atoms with Crippen LogP contribution >= 0.6 is 0 Å². The summed E-state index contributed by atoms with van der Waals surface area (Å²) in [5.41, 5.74) is 2.26. The molecule has 0 amide bonds. The normalized spacial score (nSPS) is 11.7. The topological polar surface area (TPSA) is 73.1 Å². The van der Waals surface area contributed by atoms with Gasteiger partial charge in [0.2, 0.25) is 10.0 Å². The molecule has 3 rings (SSSR count). The van der Waals surface area contributed by atoms with E-state index in [2.05, 4.69) is 4.98 Å². The summed E-state index contributed by atoms with van der Waals surface area (Å²) in [7, 11) is -3.75. The van der Waals surface area contributed by atoms with Crippen molar-refractivity contribution in [3.8, 4) is 11.1 Å². The first kappa shape index (κ1) is 12.8. The third-order valence-electron chi connectivity index (χ3n) is 3.11. The molecule has 0 atom stereocenters. The van der Waals surface area contributed by atoms with E-state index in [1.54, 1.807) is 24.4 Å². The zero-order chi connectivity index (χ0) is 14.2. The fourth-order valence-corrected chi connectivity index (χ4v) is 2.96. The summed E-state index contributed by atoms with van der Waals surface area (Å²) in [5, 5.41) is 6.22. The highest BCUT2D eigenvalue weighted by atomic mass is 32.2. The number of benzene rings is 2. The van der Waals surface area contributed by atoms with Crippen LogP contribution in [0.4, 0.5) is 0 Å². The Kier molecular flexibility index (Phi) is 3.00. The molecule has 0 saturated carbocycles. The van der Waals surface area contributed by atoms with Crippen molar-refractivity contribution in [2.75, 3.05) is 0 Å². The summed E-state index contributed by atoms with van der Waals surface area (Å²) in [6, 6.07) is 16.1. The van der Waals surface area contributed by atoms with Crippen molar-refractivity contribution in [1.82, 2.24) is 4.98 Å². The second-order valence-electron chi connectivity index (χ2n) is 4.45. The van der Waals surface area contributed by atoms with Crippen LogP contribution in [-0.2, 0) is 10.0 Å².